The van der Waals surface area contributed by atoms with E-state index in [1.54, 1.807) is 14.2 Å². The smallest absolute Gasteiger partial charge is 0.273 e. The Hall–Kier alpha value is -3.86. The van der Waals surface area contributed by atoms with Crippen molar-refractivity contribution in [1.29, 1.82) is 0 Å². The number of methoxy groups -OCH3 is 2. The van der Waals surface area contributed by atoms with Crippen molar-refractivity contribution in [3.05, 3.63) is 77.6 Å². The SMILES string of the molecule is COc1ccc(OC)c(CN(CCc2c[nH]c3ccccc23)Cc2nc(C(=O)NCCN3CCOCC3)co2)c1. The van der Waals surface area contributed by atoms with Gasteiger partial charge >= 0.3 is 0 Å². The molecule has 0 atom stereocenters. The molecule has 0 radical (unpaired) electrons. The number of fused-ring (bicyclic) bond motifs is 1. The molecule has 0 unspecified atom stereocenters. The Kier molecular flexibility index (Phi) is 9.33. The van der Waals surface area contributed by atoms with Crippen molar-refractivity contribution in [2.75, 3.05) is 60.2 Å². The van der Waals surface area contributed by atoms with Gasteiger partial charge in [-0.2, -0.15) is 0 Å². The largest absolute Gasteiger partial charge is 0.497 e. The first-order valence-electron chi connectivity index (χ1n) is 13.6. The summed E-state index contributed by atoms with van der Waals surface area (Å²) < 4.78 is 22.2. The van der Waals surface area contributed by atoms with Crippen LogP contribution in [0.3, 0.4) is 0 Å². The molecule has 0 aliphatic carbocycles. The molecule has 1 amide bonds. The van der Waals surface area contributed by atoms with E-state index in [-0.39, 0.29) is 11.6 Å². The average Bonchev–Trinajstić information content (AvgIpc) is 3.63. The van der Waals surface area contributed by atoms with E-state index in [0.29, 0.717) is 25.5 Å². The third-order valence-electron chi connectivity index (χ3n) is 7.21. The summed E-state index contributed by atoms with van der Waals surface area (Å²) in [7, 11) is 3.32. The lowest BCUT2D eigenvalue weighted by molar-refractivity contribution is 0.0383. The van der Waals surface area contributed by atoms with E-state index < -0.39 is 0 Å². The van der Waals surface area contributed by atoms with E-state index in [2.05, 4.69) is 49.5 Å². The zero-order valence-corrected chi connectivity index (χ0v) is 23.2. The monoisotopic (exact) mass is 547 g/mol. The Balaban J connectivity index is 1.26. The van der Waals surface area contributed by atoms with Gasteiger partial charge in [-0.1, -0.05) is 18.2 Å². The zero-order valence-electron chi connectivity index (χ0n) is 23.2. The molecule has 1 saturated heterocycles. The number of aromatic amines is 1. The molecule has 1 fully saturated rings. The Morgan fingerprint density at radius 2 is 1.95 bits per heavy atom. The second-order valence-corrected chi connectivity index (χ2v) is 9.83. The van der Waals surface area contributed by atoms with Crippen LogP contribution in [0.25, 0.3) is 10.9 Å². The van der Waals surface area contributed by atoms with Crippen LogP contribution >= 0.6 is 0 Å². The summed E-state index contributed by atoms with van der Waals surface area (Å²) in [5.74, 6) is 1.80. The summed E-state index contributed by atoms with van der Waals surface area (Å²) >= 11 is 0. The van der Waals surface area contributed by atoms with Crippen molar-refractivity contribution in [1.82, 2.24) is 25.1 Å². The minimum Gasteiger partial charge on any atom is -0.497 e. The van der Waals surface area contributed by atoms with Crippen LogP contribution in [0, 0.1) is 0 Å². The summed E-state index contributed by atoms with van der Waals surface area (Å²) in [6, 6.07) is 14.1. The second kappa shape index (κ2) is 13.5. The number of carbonyl (C=O) groups is 1. The van der Waals surface area contributed by atoms with Crippen LogP contribution in [-0.2, 0) is 24.2 Å². The molecule has 3 heterocycles. The molecule has 0 bridgehead atoms. The summed E-state index contributed by atoms with van der Waals surface area (Å²) in [5.41, 5.74) is 3.64. The number of oxazole rings is 1. The molecule has 0 saturated carbocycles. The van der Waals surface area contributed by atoms with E-state index in [4.69, 9.17) is 18.6 Å². The van der Waals surface area contributed by atoms with Gasteiger partial charge in [0.15, 0.2) is 5.69 Å². The van der Waals surface area contributed by atoms with Crippen LogP contribution in [-0.4, -0.2) is 85.8 Å². The first kappa shape index (κ1) is 27.7. The summed E-state index contributed by atoms with van der Waals surface area (Å²) in [5, 5.41) is 4.17. The molecule has 0 spiro atoms. The number of rotatable bonds is 13. The number of hydrogen-bond donors (Lipinski definition) is 2. The van der Waals surface area contributed by atoms with Crippen LogP contribution in [0.2, 0.25) is 0 Å². The van der Waals surface area contributed by atoms with E-state index >= 15 is 0 Å². The highest BCUT2D eigenvalue weighted by Crippen LogP contribution is 2.26. The average molecular weight is 548 g/mol. The van der Waals surface area contributed by atoms with Gasteiger partial charge in [0, 0.05) is 61.9 Å². The summed E-state index contributed by atoms with van der Waals surface area (Å²) in [6.07, 6.45) is 4.33. The zero-order chi connectivity index (χ0) is 27.7. The van der Waals surface area contributed by atoms with Crippen LogP contribution in [0.1, 0.15) is 27.5 Å². The fourth-order valence-corrected chi connectivity index (χ4v) is 5.00. The fraction of sp³-hybridized carbons (Fsp3) is 0.400. The fourth-order valence-electron chi connectivity index (χ4n) is 5.00. The van der Waals surface area contributed by atoms with Crippen LogP contribution in [0.5, 0.6) is 11.5 Å². The third-order valence-corrected chi connectivity index (χ3v) is 7.21. The standard InChI is InChI=1S/C30H37N5O5/c1-37-24-7-8-28(38-2)23(17-24)19-35(11-9-22-18-32-26-6-4-3-5-25(22)26)20-29-33-27(21-40-29)30(36)31-10-12-34-13-15-39-16-14-34/h3-8,17-18,21,32H,9-16,19-20H2,1-2H3,(H,31,36). The number of benzene rings is 2. The summed E-state index contributed by atoms with van der Waals surface area (Å²) in [6.45, 7) is 6.34. The maximum atomic E-state index is 12.7. The van der Waals surface area contributed by atoms with Crippen molar-refractivity contribution in [2.45, 2.75) is 19.5 Å². The first-order valence-corrected chi connectivity index (χ1v) is 13.6. The highest BCUT2D eigenvalue weighted by molar-refractivity contribution is 5.91. The van der Waals surface area contributed by atoms with Crippen LogP contribution in [0.15, 0.2) is 59.3 Å². The maximum Gasteiger partial charge on any atom is 0.273 e. The highest BCUT2D eigenvalue weighted by atomic mass is 16.5. The van der Waals surface area contributed by atoms with Gasteiger partial charge in [-0.05, 0) is 36.2 Å². The number of ether oxygens (including phenoxy) is 3. The van der Waals surface area contributed by atoms with Crippen LogP contribution in [0.4, 0.5) is 0 Å². The van der Waals surface area contributed by atoms with Crippen LogP contribution < -0.4 is 14.8 Å². The quantitative estimate of drug-likeness (QED) is 0.262. The minimum atomic E-state index is -0.233. The molecule has 2 N–H and O–H groups in total. The Labute approximate surface area is 234 Å². The molecule has 2 aromatic carbocycles. The number of carbonyl (C=O) groups excluding carboxylic acids is 1. The lowest BCUT2D eigenvalue weighted by atomic mass is 10.1. The van der Waals surface area contributed by atoms with Gasteiger partial charge in [0.1, 0.15) is 17.8 Å². The van der Waals surface area contributed by atoms with Gasteiger partial charge in [-0.15, -0.1) is 0 Å². The molecule has 212 valence electrons. The van der Waals surface area contributed by atoms with Gasteiger partial charge in [-0.3, -0.25) is 14.6 Å². The van der Waals surface area contributed by atoms with E-state index in [1.807, 2.05) is 24.3 Å². The Morgan fingerprint density at radius 1 is 1.10 bits per heavy atom. The number of amides is 1. The molecule has 10 heteroatoms. The number of aromatic nitrogens is 2. The molecule has 4 aromatic rings. The van der Waals surface area contributed by atoms with Gasteiger partial charge in [0.05, 0.1) is 34.0 Å². The Bertz CT molecular complexity index is 1390. The maximum absolute atomic E-state index is 12.7. The number of hydrogen-bond acceptors (Lipinski definition) is 8. The first-order chi connectivity index (χ1) is 19.6. The number of nitrogens with one attached hydrogen (secondary N) is 2. The normalized spacial score (nSPS) is 14.1. The predicted octanol–water partition coefficient (Wildman–Crippen LogP) is 3.48. The molecule has 1 aliphatic heterocycles. The van der Waals surface area contributed by atoms with Crippen molar-refractivity contribution < 1.29 is 23.4 Å². The lowest BCUT2D eigenvalue weighted by Crippen LogP contribution is -2.41. The number of morpholine rings is 1. The van der Waals surface area contributed by atoms with Crippen molar-refractivity contribution >= 4 is 16.8 Å². The number of H-pyrrole nitrogens is 1. The van der Waals surface area contributed by atoms with Crippen molar-refractivity contribution in [3.8, 4) is 11.5 Å². The van der Waals surface area contributed by atoms with E-state index in [9.17, 15) is 4.79 Å². The molecular formula is C30H37N5O5. The van der Waals surface area contributed by atoms with Crippen molar-refractivity contribution in [3.63, 3.8) is 0 Å². The molecular weight excluding hydrogens is 510 g/mol. The lowest BCUT2D eigenvalue weighted by Gasteiger charge is -2.26. The Morgan fingerprint density at radius 3 is 2.77 bits per heavy atom. The molecule has 1 aliphatic rings. The van der Waals surface area contributed by atoms with E-state index in [1.165, 1.54) is 17.2 Å². The van der Waals surface area contributed by atoms with Crippen molar-refractivity contribution in [2.24, 2.45) is 0 Å². The molecule has 40 heavy (non-hydrogen) atoms. The summed E-state index contributed by atoms with van der Waals surface area (Å²) in [4.78, 5) is 25.1. The highest BCUT2D eigenvalue weighted by Gasteiger charge is 2.18. The number of para-hydroxylation sites is 1. The topological polar surface area (TPSA) is 105 Å². The number of nitrogens with zero attached hydrogens (tertiary/aromatic N) is 3. The molecule has 5 rings (SSSR count). The predicted molar refractivity (Wildman–Crippen MR) is 152 cm³/mol. The second-order valence-electron chi connectivity index (χ2n) is 9.83. The third kappa shape index (κ3) is 7.01. The minimum absolute atomic E-state index is 0.233. The molecule has 10 nitrogen and oxygen atoms in total. The van der Waals surface area contributed by atoms with Gasteiger partial charge in [0.2, 0.25) is 5.89 Å². The van der Waals surface area contributed by atoms with E-state index in [0.717, 1.165) is 68.4 Å². The van der Waals surface area contributed by atoms with Gasteiger partial charge in [-0.25, -0.2) is 4.98 Å². The van der Waals surface area contributed by atoms with Gasteiger partial charge < -0.3 is 28.9 Å². The van der Waals surface area contributed by atoms with Gasteiger partial charge in [0.25, 0.3) is 5.91 Å². The molecule has 2 aromatic heterocycles.